The Balaban J connectivity index is 1.41. The molecular formula is C25H28N2O3. The summed E-state index contributed by atoms with van der Waals surface area (Å²) in [5.41, 5.74) is 4.98. The number of nitrogens with zero attached hydrogens (tertiary/aromatic N) is 2. The third-order valence-electron chi connectivity index (χ3n) is 6.03. The molecule has 0 spiro atoms. The van der Waals surface area contributed by atoms with Crippen LogP contribution in [0.25, 0.3) is 0 Å². The lowest BCUT2D eigenvalue weighted by molar-refractivity contribution is 0.122. The van der Waals surface area contributed by atoms with Crippen molar-refractivity contribution in [3.05, 3.63) is 83.8 Å². The summed E-state index contributed by atoms with van der Waals surface area (Å²) in [6, 6.07) is 21.8. The van der Waals surface area contributed by atoms with Crippen molar-refractivity contribution in [1.29, 1.82) is 0 Å². The molecule has 0 N–H and O–H groups in total. The topological polar surface area (TPSA) is 38.1 Å². The smallest absolute Gasteiger partial charge is 0.115 e. The van der Waals surface area contributed by atoms with Crippen molar-refractivity contribution in [3.63, 3.8) is 0 Å². The minimum absolute atomic E-state index is 0.0810. The molecule has 156 valence electrons. The van der Waals surface area contributed by atoms with Gasteiger partial charge in [0.1, 0.15) is 5.76 Å². The molecule has 0 unspecified atom stereocenters. The molecule has 2 saturated heterocycles. The standard InChI is InChI=1S/C25H28N2O3/c1-2-24(30-15-1)25(20-3-7-22(8-4-20)26-11-16-28-17-12-26)21-5-9-23(10-6-21)27-13-18-29-19-14-27/h1-10,15,25H,11-14,16-19H2. The average Bonchev–Trinajstić information content (AvgIpc) is 3.36. The second kappa shape index (κ2) is 8.94. The van der Waals surface area contributed by atoms with Crippen molar-refractivity contribution in [2.75, 3.05) is 62.4 Å². The van der Waals surface area contributed by atoms with E-state index in [-0.39, 0.29) is 5.92 Å². The fraction of sp³-hybridized carbons (Fsp3) is 0.360. The largest absolute Gasteiger partial charge is 0.468 e. The summed E-state index contributed by atoms with van der Waals surface area (Å²) in [6.07, 6.45) is 1.76. The Labute approximate surface area is 177 Å². The minimum Gasteiger partial charge on any atom is -0.468 e. The number of benzene rings is 2. The zero-order valence-electron chi connectivity index (χ0n) is 17.2. The lowest BCUT2D eigenvalue weighted by atomic mass is 9.89. The Kier molecular flexibility index (Phi) is 5.73. The van der Waals surface area contributed by atoms with Gasteiger partial charge in [-0.15, -0.1) is 0 Å². The molecule has 30 heavy (non-hydrogen) atoms. The monoisotopic (exact) mass is 404 g/mol. The van der Waals surface area contributed by atoms with Gasteiger partial charge in [-0.05, 0) is 47.5 Å². The van der Waals surface area contributed by atoms with Crippen LogP contribution in [0.2, 0.25) is 0 Å². The molecule has 1 aromatic heterocycles. The first-order chi connectivity index (χ1) is 14.9. The Morgan fingerprint density at radius 3 is 1.47 bits per heavy atom. The van der Waals surface area contributed by atoms with E-state index in [9.17, 15) is 0 Å². The van der Waals surface area contributed by atoms with E-state index in [2.05, 4.69) is 64.4 Å². The molecule has 5 rings (SSSR count). The maximum absolute atomic E-state index is 5.84. The molecule has 5 heteroatoms. The number of morpholine rings is 2. The minimum atomic E-state index is 0.0810. The van der Waals surface area contributed by atoms with Gasteiger partial charge >= 0.3 is 0 Å². The van der Waals surface area contributed by atoms with Crippen molar-refractivity contribution >= 4 is 11.4 Å². The van der Waals surface area contributed by atoms with Gasteiger partial charge in [0.2, 0.25) is 0 Å². The molecule has 2 aliphatic rings. The SMILES string of the molecule is c1coc(C(c2ccc(N3CCOCC3)cc2)c2ccc(N3CCOCC3)cc2)c1. The predicted molar refractivity (Wildman–Crippen MR) is 119 cm³/mol. The third kappa shape index (κ3) is 4.09. The zero-order chi connectivity index (χ0) is 20.2. The number of hydrogen-bond acceptors (Lipinski definition) is 5. The Morgan fingerprint density at radius 1 is 0.600 bits per heavy atom. The number of hydrogen-bond donors (Lipinski definition) is 0. The summed E-state index contributed by atoms with van der Waals surface area (Å²) in [6.45, 7) is 6.99. The predicted octanol–water partition coefficient (Wildman–Crippen LogP) is 4.13. The molecule has 2 aliphatic heterocycles. The molecule has 2 aromatic carbocycles. The maximum Gasteiger partial charge on any atom is 0.115 e. The molecule has 0 bridgehead atoms. The molecule has 0 aliphatic carbocycles. The summed E-state index contributed by atoms with van der Waals surface area (Å²) < 4.78 is 16.8. The van der Waals surface area contributed by atoms with E-state index < -0.39 is 0 Å². The average molecular weight is 405 g/mol. The third-order valence-corrected chi connectivity index (χ3v) is 6.03. The van der Waals surface area contributed by atoms with Crippen molar-refractivity contribution < 1.29 is 13.9 Å². The quantitative estimate of drug-likeness (QED) is 0.639. The molecule has 3 heterocycles. The maximum atomic E-state index is 5.84. The van der Waals surface area contributed by atoms with E-state index in [1.54, 1.807) is 6.26 Å². The van der Waals surface area contributed by atoms with Gasteiger partial charge < -0.3 is 23.7 Å². The summed E-state index contributed by atoms with van der Waals surface area (Å²) in [4.78, 5) is 4.76. The normalized spacial score (nSPS) is 17.5. The fourth-order valence-electron chi connectivity index (χ4n) is 4.37. The molecule has 0 atom stereocenters. The van der Waals surface area contributed by atoms with Gasteiger partial charge in [-0.25, -0.2) is 0 Å². The van der Waals surface area contributed by atoms with Gasteiger partial charge in [-0.3, -0.25) is 0 Å². The second-order valence-electron chi connectivity index (χ2n) is 7.83. The molecule has 3 aromatic rings. The lowest BCUT2D eigenvalue weighted by Gasteiger charge is -2.29. The van der Waals surface area contributed by atoms with Gasteiger partial charge in [0.05, 0.1) is 38.6 Å². The highest BCUT2D eigenvalue weighted by Gasteiger charge is 2.21. The fourth-order valence-corrected chi connectivity index (χ4v) is 4.37. The van der Waals surface area contributed by atoms with Crippen LogP contribution in [-0.2, 0) is 9.47 Å². The summed E-state index contributed by atoms with van der Waals surface area (Å²) >= 11 is 0. The molecule has 2 fully saturated rings. The van der Waals surface area contributed by atoms with E-state index in [0.717, 1.165) is 58.4 Å². The highest BCUT2D eigenvalue weighted by molar-refractivity contribution is 5.53. The Morgan fingerprint density at radius 2 is 1.07 bits per heavy atom. The van der Waals surface area contributed by atoms with Crippen molar-refractivity contribution in [2.24, 2.45) is 0 Å². The van der Waals surface area contributed by atoms with Crippen LogP contribution < -0.4 is 9.80 Å². The summed E-state index contributed by atoms with van der Waals surface area (Å²) in [5.74, 6) is 1.05. The van der Waals surface area contributed by atoms with Crippen molar-refractivity contribution in [2.45, 2.75) is 5.92 Å². The first kappa shape index (κ1) is 19.2. The first-order valence-electron chi connectivity index (χ1n) is 10.8. The molecule has 5 nitrogen and oxygen atoms in total. The summed E-state index contributed by atoms with van der Waals surface area (Å²) in [7, 11) is 0. The van der Waals surface area contributed by atoms with Crippen LogP contribution in [0.5, 0.6) is 0 Å². The van der Waals surface area contributed by atoms with Gasteiger partial charge in [0.15, 0.2) is 0 Å². The number of rotatable bonds is 5. The van der Waals surface area contributed by atoms with Gasteiger partial charge in [-0.2, -0.15) is 0 Å². The number of furan rings is 1. The van der Waals surface area contributed by atoms with E-state index in [0.29, 0.717) is 0 Å². The van der Waals surface area contributed by atoms with E-state index >= 15 is 0 Å². The van der Waals surface area contributed by atoms with Crippen LogP contribution in [-0.4, -0.2) is 52.6 Å². The first-order valence-corrected chi connectivity index (χ1v) is 10.8. The highest BCUT2D eigenvalue weighted by Crippen LogP contribution is 2.34. The van der Waals surface area contributed by atoms with Gasteiger partial charge in [0, 0.05) is 37.6 Å². The molecule has 0 saturated carbocycles. The highest BCUT2D eigenvalue weighted by atomic mass is 16.5. The summed E-state index contributed by atoms with van der Waals surface area (Å²) in [5, 5.41) is 0. The van der Waals surface area contributed by atoms with Crippen molar-refractivity contribution in [3.8, 4) is 0 Å². The number of anilines is 2. The van der Waals surface area contributed by atoms with Crippen LogP contribution >= 0.6 is 0 Å². The van der Waals surface area contributed by atoms with Crippen LogP contribution in [0.15, 0.2) is 71.3 Å². The van der Waals surface area contributed by atoms with Crippen molar-refractivity contribution in [1.82, 2.24) is 0 Å². The second-order valence-corrected chi connectivity index (χ2v) is 7.83. The van der Waals surface area contributed by atoms with E-state index in [1.165, 1.54) is 22.5 Å². The lowest BCUT2D eigenvalue weighted by Crippen LogP contribution is -2.36. The molecule has 0 radical (unpaired) electrons. The van der Waals surface area contributed by atoms with Crippen LogP contribution in [0.3, 0.4) is 0 Å². The van der Waals surface area contributed by atoms with E-state index in [1.807, 2.05) is 6.07 Å². The van der Waals surface area contributed by atoms with Gasteiger partial charge in [-0.1, -0.05) is 24.3 Å². The van der Waals surface area contributed by atoms with Gasteiger partial charge in [0.25, 0.3) is 0 Å². The molecular weight excluding hydrogens is 376 g/mol. The van der Waals surface area contributed by atoms with Crippen LogP contribution in [0.4, 0.5) is 11.4 Å². The van der Waals surface area contributed by atoms with Crippen LogP contribution in [0, 0.1) is 0 Å². The Hall–Kier alpha value is -2.76. The molecule has 0 amide bonds. The Bertz CT molecular complexity index is 849. The zero-order valence-corrected chi connectivity index (χ0v) is 17.2. The number of ether oxygens (including phenoxy) is 2. The van der Waals surface area contributed by atoms with Crippen LogP contribution in [0.1, 0.15) is 22.8 Å². The van der Waals surface area contributed by atoms with E-state index in [4.69, 9.17) is 13.9 Å².